The molecule has 8 nitrogen and oxygen atoms in total. The molecule has 2 bridgehead atoms. The molecule has 0 saturated heterocycles. The summed E-state index contributed by atoms with van der Waals surface area (Å²) >= 11 is 0. The molecular weight excluding hydrogens is 448 g/mol. The number of fused-ring (bicyclic) bond motifs is 5. The topological polar surface area (TPSA) is 125 Å². The van der Waals surface area contributed by atoms with Gasteiger partial charge in [-0.05, 0) is 53.4 Å². The van der Waals surface area contributed by atoms with Crippen LogP contribution in [0, 0.1) is 17.8 Å². The molecule has 0 heterocycles. The number of aliphatic hydroxyl groups excluding tert-OH is 1. The van der Waals surface area contributed by atoms with Gasteiger partial charge in [-0.15, -0.1) is 0 Å². The minimum absolute atomic E-state index is 0.0343. The number of hydrogen-bond acceptors (Lipinski definition) is 5. The molecule has 184 valence electrons. The number of carbonyl (C=O) groups is 3. The Hall–Kier alpha value is -3.39. The first kappa shape index (κ1) is 23.4. The van der Waals surface area contributed by atoms with Gasteiger partial charge in [-0.25, -0.2) is 9.59 Å². The van der Waals surface area contributed by atoms with Gasteiger partial charge in [-0.1, -0.05) is 48.5 Å². The summed E-state index contributed by atoms with van der Waals surface area (Å²) in [6, 6.07) is 16.0. The molecule has 0 aliphatic heterocycles. The lowest BCUT2D eigenvalue weighted by Gasteiger charge is -2.30. The number of aliphatic carboxylic acids is 1. The second-order valence-corrected chi connectivity index (χ2v) is 9.79. The Labute approximate surface area is 203 Å². The lowest BCUT2D eigenvalue weighted by atomic mass is 9.83. The van der Waals surface area contributed by atoms with Gasteiger partial charge in [0.15, 0.2) is 6.10 Å². The Kier molecular flexibility index (Phi) is 6.47. The molecule has 2 fully saturated rings. The van der Waals surface area contributed by atoms with E-state index in [2.05, 4.69) is 34.9 Å². The Morgan fingerprint density at radius 3 is 2.26 bits per heavy atom. The lowest BCUT2D eigenvalue weighted by Crippen LogP contribution is -2.50. The van der Waals surface area contributed by atoms with E-state index in [0.29, 0.717) is 0 Å². The number of alkyl carbamates (subject to hydrolysis) is 1. The number of carboxylic acids is 1. The largest absolute Gasteiger partial charge is 0.479 e. The minimum Gasteiger partial charge on any atom is -0.479 e. The number of hydrogen-bond donors (Lipinski definition) is 4. The molecule has 8 heteroatoms. The fourth-order valence-corrected chi connectivity index (χ4v) is 6.23. The summed E-state index contributed by atoms with van der Waals surface area (Å²) in [6.45, 7) is 0.280. The molecule has 4 N–H and O–H groups in total. The minimum atomic E-state index is -1.51. The second kappa shape index (κ2) is 9.70. The van der Waals surface area contributed by atoms with E-state index in [1.54, 1.807) is 0 Å². The van der Waals surface area contributed by atoms with Crippen LogP contribution in [0.25, 0.3) is 11.1 Å². The monoisotopic (exact) mass is 478 g/mol. The van der Waals surface area contributed by atoms with Crippen molar-refractivity contribution in [3.63, 3.8) is 0 Å². The summed E-state index contributed by atoms with van der Waals surface area (Å²) in [5.74, 6) is -1.53. The molecule has 0 aromatic heterocycles. The molecule has 2 aromatic rings. The molecule has 2 aromatic carbocycles. The highest BCUT2D eigenvalue weighted by Crippen LogP contribution is 2.49. The van der Waals surface area contributed by atoms with Gasteiger partial charge in [0.25, 0.3) is 0 Å². The summed E-state index contributed by atoms with van der Waals surface area (Å²) in [7, 11) is 0. The van der Waals surface area contributed by atoms with Crippen molar-refractivity contribution in [3.05, 3.63) is 59.7 Å². The van der Waals surface area contributed by atoms with Crippen LogP contribution in [0.15, 0.2) is 48.5 Å². The molecule has 5 atom stereocenters. The molecule has 0 radical (unpaired) electrons. The van der Waals surface area contributed by atoms with Crippen molar-refractivity contribution in [1.82, 2.24) is 10.6 Å². The van der Waals surface area contributed by atoms with Gasteiger partial charge in [0.1, 0.15) is 6.61 Å². The van der Waals surface area contributed by atoms with Gasteiger partial charge in [0, 0.05) is 24.9 Å². The maximum absolute atomic E-state index is 12.9. The molecule has 0 spiro atoms. The van der Waals surface area contributed by atoms with Crippen molar-refractivity contribution in [2.24, 2.45) is 17.8 Å². The number of nitrogens with one attached hydrogen (secondary N) is 2. The number of carbonyl (C=O) groups excluding carboxylic acids is 2. The summed E-state index contributed by atoms with van der Waals surface area (Å²) < 4.78 is 5.70. The van der Waals surface area contributed by atoms with Crippen molar-refractivity contribution in [1.29, 1.82) is 0 Å². The van der Waals surface area contributed by atoms with Crippen LogP contribution < -0.4 is 10.6 Å². The van der Waals surface area contributed by atoms with Crippen LogP contribution >= 0.6 is 0 Å². The van der Waals surface area contributed by atoms with Crippen LogP contribution in [-0.4, -0.2) is 53.5 Å². The number of amides is 2. The van der Waals surface area contributed by atoms with Crippen LogP contribution in [0.3, 0.4) is 0 Å². The highest BCUT2D eigenvalue weighted by Gasteiger charge is 2.51. The summed E-state index contributed by atoms with van der Waals surface area (Å²) in [6.07, 6.45) is 0.675. The molecule has 35 heavy (non-hydrogen) atoms. The van der Waals surface area contributed by atoms with E-state index in [-0.39, 0.29) is 55.2 Å². The third kappa shape index (κ3) is 4.50. The van der Waals surface area contributed by atoms with Crippen LogP contribution in [0.5, 0.6) is 0 Å². The fraction of sp³-hybridized carbons (Fsp3) is 0.444. The van der Waals surface area contributed by atoms with E-state index in [4.69, 9.17) is 9.84 Å². The highest BCUT2D eigenvalue weighted by molar-refractivity contribution is 5.82. The van der Waals surface area contributed by atoms with Crippen molar-refractivity contribution < 1.29 is 29.3 Å². The van der Waals surface area contributed by atoms with E-state index < -0.39 is 18.2 Å². The zero-order chi connectivity index (χ0) is 24.5. The maximum Gasteiger partial charge on any atom is 0.407 e. The fourth-order valence-electron chi connectivity index (χ4n) is 6.23. The second-order valence-electron chi connectivity index (χ2n) is 9.79. The molecule has 2 saturated carbocycles. The van der Waals surface area contributed by atoms with Crippen molar-refractivity contribution in [2.75, 3.05) is 13.2 Å². The molecule has 5 rings (SSSR count). The van der Waals surface area contributed by atoms with Gasteiger partial charge >= 0.3 is 12.1 Å². The first-order valence-corrected chi connectivity index (χ1v) is 12.2. The summed E-state index contributed by atoms with van der Waals surface area (Å²) in [5, 5.41) is 23.9. The highest BCUT2D eigenvalue weighted by atomic mass is 16.5. The molecule has 3 aliphatic carbocycles. The standard InChI is InChI=1S/C27H30N2O6/c30-22(26(32)33)11-12-28-25(31)23-15-9-10-16(13-15)24(23)29-27(34)35-14-21-19-7-3-1-5-17(19)18-6-2-4-8-20(18)21/h1-8,15-16,21-24,30H,9-14H2,(H,28,31)(H,29,34)(H,32,33). The number of carboxylic acid groups (broad SMARTS) is 1. The third-order valence-corrected chi connectivity index (χ3v) is 7.85. The third-order valence-electron chi connectivity index (χ3n) is 7.85. The Bertz CT molecular complexity index is 1090. The van der Waals surface area contributed by atoms with Crippen molar-refractivity contribution >= 4 is 18.0 Å². The van der Waals surface area contributed by atoms with Gasteiger partial charge in [0.2, 0.25) is 5.91 Å². The van der Waals surface area contributed by atoms with E-state index >= 15 is 0 Å². The van der Waals surface area contributed by atoms with Crippen molar-refractivity contribution in [3.8, 4) is 11.1 Å². The number of aliphatic hydroxyl groups is 1. The summed E-state index contributed by atoms with van der Waals surface area (Å²) in [5.41, 5.74) is 4.61. The van der Waals surface area contributed by atoms with Crippen LogP contribution in [0.4, 0.5) is 4.79 Å². The maximum atomic E-state index is 12.9. The zero-order valence-electron chi connectivity index (χ0n) is 19.4. The Balaban J connectivity index is 1.20. The molecule has 2 amide bonds. The zero-order valence-corrected chi connectivity index (χ0v) is 19.4. The molecular formula is C27H30N2O6. The number of benzene rings is 2. The first-order valence-electron chi connectivity index (χ1n) is 12.2. The number of ether oxygens (including phenoxy) is 1. The van der Waals surface area contributed by atoms with Gasteiger partial charge in [-0.3, -0.25) is 4.79 Å². The van der Waals surface area contributed by atoms with Gasteiger partial charge in [-0.2, -0.15) is 0 Å². The quantitative estimate of drug-likeness (QED) is 0.462. The Morgan fingerprint density at radius 1 is 0.971 bits per heavy atom. The van der Waals surface area contributed by atoms with Crippen LogP contribution in [-0.2, 0) is 14.3 Å². The Morgan fingerprint density at radius 2 is 1.60 bits per heavy atom. The normalized spacial score (nSPS) is 24.9. The van der Waals surface area contributed by atoms with E-state index in [1.165, 1.54) is 0 Å². The summed E-state index contributed by atoms with van der Waals surface area (Å²) in [4.78, 5) is 36.5. The van der Waals surface area contributed by atoms with E-state index in [0.717, 1.165) is 41.5 Å². The predicted octanol–water partition coefficient (Wildman–Crippen LogP) is 2.89. The predicted molar refractivity (Wildman–Crippen MR) is 128 cm³/mol. The number of rotatable bonds is 8. The smallest absolute Gasteiger partial charge is 0.407 e. The van der Waals surface area contributed by atoms with Crippen LogP contribution in [0.2, 0.25) is 0 Å². The SMILES string of the molecule is O=C(NC1C2CCC(C2)C1C(=O)NCCC(O)C(=O)O)OCC1c2ccccc2-c2ccccc21. The van der Waals surface area contributed by atoms with E-state index in [9.17, 15) is 19.5 Å². The first-order chi connectivity index (χ1) is 16.9. The van der Waals surface area contributed by atoms with Gasteiger partial charge in [0.05, 0.1) is 5.92 Å². The van der Waals surface area contributed by atoms with Crippen molar-refractivity contribution in [2.45, 2.75) is 43.7 Å². The lowest BCUT2D eigenvalue weighted by molar-refractivity contribution is -0.147. The van der Waals surface area contributed by atoms with Crippen LogP contribution in [0.1, 0.15) is 42.7 Å². The van der Waals surface area contributed by atoms with Gasteiger partial charge < -0.3 is 25.6 Å². The molecule has 5 unspecified atom stereocenters. The van der Waals surface area contributed by atoms with E-state index in [1.807, 2.05) is 24.3 Å². The average Bonchev–Trinajstić information content (AvgIpc) is 3.54. The average molecular weight is 479 g/mol. The molecule has 3 aliphatic rings.